The summed E-state index contributed by atoms with van der Waals surface area (Å²) in [4.78, 5) is 10.3. The summed E-state index contributed by atoms with van der Waals surface area (Å²) >= 11 is 0. The normalized spacial score (nSPS) is 10.8. The van der Waals surface area contributed by atoms with Crippen molar-refractivity contribution in [3.8, 4) is 0 Å². The van der Waals surface area contributed by atoms with Crippen LogP contribution in [0.2, 0.25) is 0 Å². The van der Waals surface area contributed by atoms with Crippen LogP contribution in [0.25, 0.3) is 0 Å². The minimum atomic E-state index is -0.661. The third kappa shape index (κ3) is 17.4. The summed E-state index contributed by atoms with van der Waals surface area (Å²) in [6, 6.07) is 0. The van der Waals surface area contributed by atoms with Gasteiger partial charge >= 0.3 is 5.97 Å². The van der Waals surface area contributed by atoms with Gasteiger partial charge in [0.15, 0.2) is 0 Å². The van der Waals surface area contributed by atoms with E-state index < -0.39 is 5.97 Å². The van der Waals surface area contributed by atoms with Gasteiger partial charge in [-0.3, -0.25) is 4.79 Å². The number of hydrogen-bond acceptors (Lipinski definition) is 2. The van der Waals surface area contributed by atoms with Crippen LogP contribution in [0.3, 0.4) is 0 Å². The number of ether oxygens (including phenoxy) is 1. The molecule has 0 radical (unpaired) electrons. The third-order valence-corrected chi connectivity index (χ3v) is 3.63. The summed E-state index contributed by atoms with van der Waals surface area (Å²) in [5.41, 5.74) is 0. The Morgan fingerprint density at radius 3 is 1.55 bits per heavy atom. The largest absolute Gasteiger partial charge is 0.481 e. The molecule has 0 rings (SSSR count). The second kappa shape index (κ2) is 16.5. The van der Waals surface area contributed by atoms with Crippen molar-refractivity contribution in [2.24, 2.45) is 0 Å². The molecule has 0 aromatic carbocycles. The van der Waals surface area contributed by atoms with Crippen LogP contribution in [0.4, 0.5) is 0 Å². The molecular formula is C17H34O3. The molecule has 3 heteroatoms. The Kier molecular flexibility index (Phi) is 16.0. The van der Waals surface area contributed by atoms with Gasteiger partial charge < -0.3 is 9.84 Å². The standard InChI is InChI=1S/C17H34O3/c1-2-20-16-14-12-10-8-6-4-3-5-7-9-11-13-15-17(18)19/h2-16H2,1H3,(H,18,19). The SMILES string of the molecule is CCOCCCCCCCCCCCCCCC(=O)O. The van der Waals surface area contributed by atoms with Gasteiger partial charge in [-0.25, -0.2) is 0 Å². The van der Waals surface area contributed by atoms with Gasteiger partial charge in [-0.05, 0) is 19.8 Å². The molecule has 3 nitrogen and oxygen atoms in total. The Labute approximate surface area is 125 Å². The van der Waals surface area contributed by atoms with E-state index >= 15 is 0 Å². The zero-order chi connectivity index (χ0) is 14.9. The topological polar surface area (TPSA) is 46.5 Å². The van der Waals surface area contributed by atoms with E-state index in [9.17, 15) is 4.79 Å². The molecular weight excluding hydrogens is 252 g/mol. The molecule has 0 fully saturated rings. The first kappa shape index (κ1) is 19.4. The average molecular weight is 286 g/mol. The first-order valence-corrected chi connectivity index (χ1v) is 8.57. The molecule has 0 amide bonds. The highest BCUT2D eigenvalue weighted by Crippen LogP contribution is 2.12. The lowest BCUT2D eigenvalue weighted by Crippen LogP contribution is -1.93. The van der Waals surface area contributed by atoms with Crippen molar-refractivity contribution in [2.45, 2.75) is 90.4 Å². The number of carboxylic acid groups (broad SMARTS) is 1. The van der Waals surface area contributed by atoms with Gasteiger partial charge in [-0.15, -0.1) is 0 Å². The molecule has 0 aliphatic rings. The summed E-state index contributed by atoms with van der Waals surface area (Å²) in [6.45, 7) is 3.82. The molecule has 0 aromatic rings. The van der Waals surface area contributed by atoms with Gasteiger partial charge in [-0.2, -0.15) is 0 Å². The van der Waals surface area contributed by atoms with Gasteiger partial charge in [0.05, 0.1) is 0 Å². The first-order valence-electron chi connectivity index (χ1n) is 8.57. The predicted molar refractivity (Wildman–Crippen MR) is 84.1 cm³/mol. The Balaban J connectivity index is 2.94. The number of aliphatic carboxylic acids is 1. The van der Waals surface area contributed by atoms with Crippen molar-refractivity contribution >= 4 is 5.97 Å². The Hall–Kier alpha value is -0.570. The monoisotopic (exact) mass is 286 g/mol. The van der Waals surface area contributed by atoms with Gasteiger partial charge in [0, 0.05) is 19.6 Å². The van der Waals surface area contributed by atoms with Crippen molar-refractivity contribution in [2.75, 3.05) is 13.2 Å². The maximum Gasteiger partial charge on any atom is 0.303 e. The number of unbranched alkanes of at least 4 members (excludes halogenated alkanes) is 11. The highest BCUT2D eigenvalue weighted by molar-refractivity contribution is 5.66. The van der Waals surface area contributed by atoms with Crippen LogP contribution >= 0.6 is 0 Å². The molecule has 1 N–H and O–H groups in total. The Morgan fingerprint density at radius 2 is 1.15 bits per heavy atom. The maximum atomic E-state index is 10.3. The maximum absolute atomic E-state index is 10.3. The minimum Gasteiger partial charge on any atom is -0.481 e. The smallest absolute Gasteiger partial charge is 0.303 e. The van der Waals surface area contributed by atoms with Crippen molar-refractivity contribution < 1.29 is 14.6 Å². The molecule has 0 unspecified atom stereocenters. The van der Waals surface area contributed by atoms with Crippen LogP contribution in [-0.2, 0) is 9.53 Å². The zero-order valence-electron chi connectivity index (χ0n) is 13.4. The van der Waals surface area contributed by atoms with Crippen LogP contribution in [0.1, 0.15) is 90.4 Å². The van der Waals surface area contributed by atoms with Gasteiger partial charge in [-0.1, -0.05) is 64.2 Å². The van der Waals surface area contributed by atoms with Crippen molar-refractivity contribution in [1.29, 1.82) is 0 Å². The van der Waals surface area contributed by atoms with Crippen LogP contribution in [0, 0.1) is 0 Å². The molecule has 0 aliphatic heterocycles. The molecule has 0 saturated heterocycles. The lowest BCUT2D eigenvalue weighted by Gasteiger charge is -2.03. The van der Waals surface area contributed by atoms with Crippen LogP contribution < -0.4 is 0 Å². The van der Waals surface area contributed by atoms with Gasteiger partial charge in [0.25, 0.3) is 0 Å². The van der Waals surface area contributed by atoms with Crippen molar-refractivity contribution in [3.63, 3.8) is 0 Å². The number of carbonyl (C=O) groups is 1. The fourth-order valence-corrected chi connectivity index (χ4v) is 2.39. The summed E-state index contributed by atoms with van der Waals surface area (Å²) < 4.78 is 5.31. The molecule has 0 heterocycles. The van der Waals surface area contributed by atoms with E-state index in [1.807, 2.05) is 6.92 Å². The zero-order valence-corrected chi connectivity index (χ0v) is 13.4. The Bertz CT molecular complexity index is 204. The quantitative estimate of drug-likeness (QED) is 0.398. The van der Waals surface area contributed by atoms with E-state index in [0.29, 0.717) is 6.42 Å². The third-order valence-electron chi connectivity index (χ3n) is 3.63. The second-order valence-electron chi connectivity index (χ2n) is 5.58. The lowest BCUT2D eigenvalue weighted by atomic mass is 10.0. The molecule has 0 aliphatic carbocycles. The molecule has 0 spiro atoms. The molecule has 20 heavy (non-hydrogen) atoms. The second-order valence-corrected chi connectivity index (χ2v) is 5.58. The fourth-order valence-electron chi connectivity index (χ4n) is 2.39. The highest BCUT2D eigenvalue weighted by Gasteiger charge is 1.97. The van der Waals surface area contributed by atoms with E-state index in [1.54, 1.807) is 0 Å². The summed E-state index contributed by atoms with van der Waals surface area (Å²) in [7, 11) is 0. The molecule has 0 atom stereocenters. The summed E-state index contributed by atoms with van der Waals surface area (Å²) in [6.07, 6.45) is 15.4. The summed E-state index contributed by atoms with van der Waals surface area (Å²) in [5.74, 6) is -0.661. The number of carboxylic acids is 1. The Morgan fingerprint density at radius 1 is 0.750 bits per heavy atom. The predicted octanol–water partition coefficient (Wildman–Crippen LogP) is 5.18. The van der Waals surface area contributed by atoms with E-state index in [0.717, 1.165) is 26.1 Å². The van der Waals surface area contributed by atoms with Crippen LogP contribution in [-0.4, -0.2) is 24.3 Å². The van der Waals surface area contributed by atoms with E-state index in [1.165, 1.54) is 64.2 Å². The number of rotatable bonds is 16. The minimum absolute atomic E-state index is 0.337. The van der Waals surface area contributed by atoms with Crippen molar-refractivity contribution in [1.82, 2.24) is 0 Å². The van der Waals surface area contributed by atoms with Crippen LogP contribution in [0.5, 0.6) is 0 Å². The van der Waals surface area contributed by atoms with E-state index in [-0.39, 0.29) is 0 Å². The highest BCUT2D eigenvalue weighted by atomic mass is 16.5. The summed E-state index contributed by atoms with van der Waals surface area (Å²) in [5, 5.41) is 8.51. The average Bonchev–Trinajstić information content (AvgIpc) is 2.43. The van der Waals surface area contributed by atoms with Crippen LogP contribution in [0.15, 0.2) is 0 Å². The first-order chi connectivity index (χ1) is 9.77. The van der Waals surface area contributed by atoms with Gasteiger partial charge in [0.2, 0.25) is 0 Å². The molecule has 0 aromatic heterocycles. The van der Waals surface area contributed by atoms with E-state index in [4.69, 9.17) is 9.84 Å². The molecule has 0 saturated carbocycles. The fraction of sp³-hybridized carbons (Fsp3) is 0.941. The van der Waals surface area contributed by atoms with Crippen molar-refractivity contribution in [3.05, 3.63) is 0 Å². The number of hydrogen-bond donors (Lipinski definition) is 1. The lowest BCUT2D eigenvalue weighted by molar-refractivity contribution is -0.137. The van der Waals surface area contributed by atoms with Gasteiger partial charge in [0.1, 0.15) is 0 Å². The molecule has 0 bridgehead atoms. The molecule has 120 valence electrons. The van der Waals surface area contributed by atoms with E-state index in [2.05, 4.69) is 0 Å².